The number of benzene rings is 3. The highest BCUT2D eigenvalue weighted by molar-refractivity contribution is 5.96. The van der Waals surface area contributed by atoms with Crippen LogP contribution in [0.1, 0.15) is 34.9 Å². The number of carbonyl (C=O) groups is 1. The third kappa shape index (κ3) is 7.56. The molecule has 0 aromatic heterocycles. The van der Waals surface area contributed by atoms with Crippen molar-refractivity contribution in [1.82, 2.24) is 10.2 Å². The van der Waals surface area contributed by atoms with Crippen LogP contribution >= 0.6 is 0 Å². The Kier molecular flexibility index (Phi) is 9.09. The summed E-state index contributed by atoms with van der Waals surface area (Å²) in [6.45, 7) is 2.69. The number of ether oxygens (including phenoxy) is 2. The molecule has 1 spiro atoms. The Morgan fingerprint density at radius 1 is 1.02 bits per heavy atom. The second kappa shape index (κ2) is 12.8. The molecule has 2 aliphatic heterocycles. The molecule has 2 aliphatic rings. The van der Waals surface area contributed by atoms with E-state index in [9.17, 15) is 32.6 Å². The minimum Gasteiger partial charge on any atom is -0.507 e. The lowest BCUT2D eigenvalue weighted by molar-refractivity contribution is -0.274. The maximum Gasteiger partial charge on any atom is 0.573 e. The van der Waals surface area contributed by atoms with E-state index in [1.165, 1.54) is 48.5 Å². The van der Waals surface area contributed by atoms with Gasteiger partial charge in [0.2, 0.25) is 0 Å². The van der Waals surface area contributed by atoms with Crippen LogP contribution in [-0.4, -0.2) is 78.4 Å². The molecular formula is C31H33F4N3O5. The van der Waals surface area contributed by atoms with E-state index in [0.717, 1.165) is 5.69 Å². The summed E-state index contributed by atoms with van der Waals surface area (Å²) in [5.41, 5.74) is 0.835. The second-order valence-corrected chi connectivity index (χ2v) is 10.8. The molecule has 0 saturated carbocycles. The molecule has 43 heavy (non-hydrogen) atoms. The number of nitrogens with one attached hydrogen (secondary N) is 1. The van der Waals surface area contributed by atoms with E-state index in [1.54, 1.807) is 24.3 Å². The zero-order chi connectivity index (χ0) is 30.6. The van der Waals surface area contributed by atoms with Crippen molar-refractivity contribution < 1.29 is 42.0 Å². The molecule has 2 heterocycles. The molecule has 1 amide bonds. The number of morpholine rings is 1. The van der Waals surface area contributed by atoms with Gasteiger partial charge in [-0.25, -0.2) is 4.39 Å². The number of halogens is 4. The fourth-order valence-electron chi connectivity index (χ4n) is 5.84. The highest BCUT2D eigenvalue weighted by atomic mass is 19.4. The topological polar surface area (TPSA) is 94.5 Å². The maximum atomic E-state index is 13.6. The molecule has 0 aliphatic carbocycles. The molecule has 3 N–H and O–H groups in total. The summed E-state index contributed by atoms with van der Waals surface area (Å²) in [6.07, 6.45) is -4.73. The number of aliphatic hydroxyl groups is 1. The van der Waals surface area contributed by atoms with Gasteiger partial charge in [0, 0.05) is 44.5 Å². The molecule has 3 aromatic carbocycles. The van der Waals surface area contributed by atoms with E-state index in [2.05, 4.69) is 15.0 Å². The van der Waals surface area contributed by atoms with Crippen LogP contribution in [0.2, 0.25) is 0 Å². The molecule has 0 radical (unpaired) electrons. The van der Waals surface area contributed by atoms with Gasteiger partial charge in [0.15, 0.2) is 0 Å². The summed E-state index contributed by atoms with van der Waals surface area (Å²) in [5, 5.41) is 24.3. The van der Waals surface area contributed by atoms with Gasteiger partial charge in [0.25, 0.3) is 5.91 Å². The third-order valence-electron chi connectivity index (χ3n) is 7.95. The lowest BCUT2D eigenvalue weighted by atomic mass is 9.94. The Morgan fingerprint density at radius 3 is 2.44 bits per heavy atom. The van der Waals surface area contributed by atoms with Crippen molar-refractivity contribution in [2.75, 3.05) is 44.2 Å². The fourth-order valence-corrected chi connectivity index (χ4v) is 5.84. The summed E-state index contributed by atoms with van der Waals surface area (Å²) < 4.78 is 61.6. The number of amides is 1. The van der Waals surface area contributed by atoms with Crippen molar-refractivity contribution in [3.63, 3.8) is 0 Å². The molecule has 5 rings (SSSR count). The van der Waals surface area contributed by atoms with E-state index in [0.29, 0.717) is 51.2 Å². The van der Waals surface area contributed by atoms with E-state index in [1.807, 2.05) is 4.90 Å². The maximum absolute atomic E-state index is 13.6. The minimum atomic E-state index is -4.76. The van der Waals surface area contributed by atoms with Crippen LogP contribution in [0.25, 0.3) is 0 Å². The first-order valence-electron chi connectivity index (χ1n) is 14.0. The number of para-hydroxylation sites is 1. The van der Waals surface area contributed by atoms with Gasteiger partial charge in [-0.3, -0.25) is 9.69 Å². The summed E-state index contributed by atoms with van der Waals surface area (Å²) in [6, 6.07) is 17.1. The van der Waals surface area contributed by atoms with Crippen molar-refractivity contribution >= 4 is 11.6 Å². The second-order valence-electron chi connectivity index (χ2n) is 10.8. The molecule has 2 fully saturated rings. The minimum absolute atomic E-state index is 0.133. The quantitative estimate of drug-likeness (QED) is 0.307. The first-order valence-corrected chi connectivity index (χ1v) is 14.0. The number of hydrogen-bond donors (Lipinski definition) is 3. The van der Waals surface area contributed by atoms with Gasteiger partial charge < -0.3 is 29.9 Å². The van der Waals surface area contributed by atoms with Gasteiger partial charge in [-0.15, -0.1) is 13.2 Å². The number of anilines is 1. The molecule has 0 bridgehead atoms. The number of alkyl halides is 3. The number of carbonyl (C=O) groups excluding carboxylic acids is 1. The average Bonchev–Trinajstić information content (AvgIpc) is 3.37. The third-order valence-corrected chi connectivity index (χ3v) is 7.95. The predicted octanol–water partition coefficient (Wildman–Crippen LogP) is 4.63. The number of phenols is 1. The summed E-state index contributed by atoms with van der Waals surface area (Å²) in [5.74, 6) is -1.29. The Bertz CT molecular complexity index is 1390. The number of nitrogens with zero attached hydrogens (tertiary/aromatic N) is 2. The van der Waals surface area contributed by atoms with Crippen LogP contribution in [0.15, 0.2) is 72.8 Å². The van der Waals surface area contributed by atoms with Crippen LogP contribution < -0.4 is 15.0 Å². The van der Waals surface area contributed by atoms with Crippen molar-refractivity contribution in [3.05, 3.63) is 89.7 Å². The zero-order valence-corrected chi connectivity index (χ0v) is 23.3. The normalized spacial score (nSPS) is 20.6. The van der Waals surface area contributed by atoms with Gasteiger partial charge in [-0.05, 0) is 66.9 Å². The van der Waals surface area contributed by atoms with E-state index in [4.69, 9.17) is 4.74 Å². The Labute approximate surface area is 246 Å². The highest BCUT2D eigenvalue weighted by Crippen LogP contribution is 2.36. The van der Waals surface area contributed by atoms with Crippen molar-refractivity contribution in [1.29, 1.82) is 0 Å². The molecule has 12 heteroatoms. The van der Waals surface area contributed by atoms with Crippen molar-refractivity contribution in [3.8, 4) is 11.5 Å². The monoisotopic (exact) mass is 603 g/mol. The predicted molar refractivity (Wildman–Crippen MR) is 150 cm³/mol. The fraction of sp³-hybridized carbons (Fsp3) is 0.387. The number of aliphatic hydroxyl groups excluding tert-OH is 1. The molecular weight excluding hydrogens is 570 g/mol. The van der Waals surface area contributed by atoms with Crippen molar-refractivity contribution in [2.24, 2.45) is 0 Å². The molecule has 3 unspecified atom stereocenters. The largest absolute Gasteiger partial charge is 0.573 e. The van der Waals surface area contributed by atoms with Crippen LogP contribution in [0.5, 0.6) is 11.5 Å². The summed E-state index contributed by atoms with van der Waals surface area (Å²) in [4.78, 5) is 16.8. The molecule has 2 saturated heterocycles. The lowest BCUT2D eigenvalue weighted by Crippen LogP contribution is -2.57. The Balaban J connectivity index is 1.28. The Morgan fingerprint density at radius 2 is 1.74 bits per heavy atom. The van der Waals surface area contributed by atoms with Gasteiger partial charge >= 0.3 is 6.36 Å². The Hall–Kier alpha value is -3.87. The van der Waals surface area contributed by atoms with Gasteiger partial charge in [-0.1, -0.05) is 24.3 Å². The van der Waals surface area contributed by atoms with Gasteiger partial charge in [0.1, 0.15) is 17.3 Å². The smallest absolute Gasteiger partial charge is 0.507 e. The van der Waals surface area contributed by atoms with Gasteiger partial charge in [0.05, 0.1) is 23.9 Å². The average molecular weight is 604 g/mol. The van der Waals surface area contributed by atoms with Gasteiger partial charge in [-0.2, -0.15) is 0 Å². The molecule has 3 aromatic rings. The molecule has 230 valence electrons. The number of aromatic hydroxyl groups is 1. The van der Waals surface area contributed by atoms with Crippen LogP contribution in [-0.2, 0) is 4.74 Å². The number of hydrogen-bond acceptors (Lipinski definition) is 7. The van der Waals surface area contributed by atoms with Crippen LogP contribution in [0.3, 0.4) is 0 Å². The number of phenolic OH excluding ortho intramolecular Hbond substituents is 1. The number of rotatable bonds is 9. The lowest BCUT2D eigenvalue weighted by Gasteiger charge is -2.45. The van der Waals surface area contributed by atoms with Crippen LogP contribution in [0.4, 0.5) is 23.2 Å². The van der Waals surface area contributed by atoms with Crippen molar-refractivity contribution in [2.45, 2.75) is 37.0 Å². The van der Waals surface area contributed by atoms with E-state index >= 15 is 0 Å². The molecule has 3 atom stereocenters. The first kappa shape index (κ1) is 30.6. The first-order chi connectivity index (χ1) is 20.5. The van der Waals surface area contributed by atoms with E-state index < -0.39 is 35.8 Å². The highest BCUT2D eigenvalue weighted by Gasteiger charge is 2.45. The SMILES string of the molecule is O=C(NCCC(C(O)c1ccc(F)cc1)N1CCOC2(CCN(c3ccc(OC(F)(F)F)cc3)C2)C1)c1ccccc1O. The standard InChI is InChI=1S/C31H33F4N3O5/c32-22-7-5-21(6-8-22)28(40)26(13-15-36-29(41)25-3-1-2-4-27(25)39)38-17-18-42-30(20-38)14-16-37(19-30)23-9-11-24(12-10-23)43-31(33,34)35/h1-12,26,28,39-40H,13-20H2,(H,36,41). The zero-order valence-electron chi connectivity index (χ0n) is 23.3. The molecule has 8 nitrogen and oxygen atoms in total. The summed E-state index contributed by atoms with van der Waals surface area (Å²) in [7, 11) is 0. The van der Waals surface area contributed by atoms with E-state index in [-0.39, 0.29) is 23.6 Å². The van der Waals surface area contributed by atoms with Crippen LogP contribution in [0, 0.1) is 5.82 Å². The summed E-state index contributed by atoms with van der Waals surface area (Å²) >= 11 is 0.